The van der Waals surface area contributed by atoms with Gasteiger partial charge < -0.3 is 14.2 Å². The third kappa shape index (κ3) is 5.05. The van der Waals surface area contributed by atoms with Gasteiger partial charge in [-0.1, -0.05) is 39.0 Å². The van der Waals surface area contributed by atoms with Gasteiger partial charge in [-0.05, 0) is 24.6 Å². The Balaban J connectivity index is 1.61. The summed E-state index contributed by atoms with van der Waals surface area (Å²) in [4.78, 5) is 12.0. The van der Waals surface area contributed by atoms with Crippen LogP contribution in [0.3, 0.4) is 0 Å². The quantitative estimate of drug-likeness (QED) is 0.483. The first-order valence-electron chi connectivity index (χ1n) is 7.82. The molecule has 0 atom stereocenters. The highest BCUT2D eigenvalue weighted by molar-refractivity contribution is 5.97. The largest absolute Gasteiger partial charge is 0.454 e. The van der Waals surface area contributed by atoms with Crippen LogP contribution in [0.15, 0.2) is 18.2 Å². The number of fused-ring (bicyclic) bond motifs is 1. The zero-order valence-electron chi connectivity index (χ0n) is 12.7. The van der Waals surface area contributed by atoms with E-state index in [0.29, 0.717) is 23.7 Å². The lowest BCUT2D eigenvalue weighted by molar-refractivity contribution is 0.0752. The van der Waals surface area contributed by atoms with Crippen molar-refractivity contribution in [2.75, 3.05) is 20.0 Å². The smallest absolute Gasteiger partial charge is 0.231 e. The summed E-state index contributed by atoms with van der Waals surface area (Å²) in [6, 6.07) is 5.24. The average molecular weight is 292 g/mol. The summed E-state index contributed by atoms with van der Waals surface area (Å²) in [7, 11) is 0. The lowest BCUT2D eigenvalue weighted by atomic mass is 10.1. The molecule has 0 radical (unpaired) electrons. The molecule has 0 saturated carbocycles. The molecular formula is C17H24O4. The highest BCUT2D eigenvalue weighted by Crippen LogP contribution is 2.32. The van der Waals surface area contributed by atoms with Gasteiger partial charge in [0.1, 0.15) is 6.61 Å². The number of ether oxygens (including phenoxy) is 3. The Labute approximate surface area is 126 Å². The number of rotatable bonds is 10. The lowest BCUT2D eigenvalue weighted by Gasteiger charge is -2.05. The highest BCUT2D eigenvalue weighted by atomic mass is 16.7. The Hall–Kier alpha value is -1.55. The van der Waals surface area contributed by atoms with Gasteiger partial charge in [-0.3, -0.25) is 4.79 Å². The number of unbranched alkanes of at least 4 members (excludes halogenated alkanes) is 5. The van der Waals surface area contributed by atoms with Crippen molar-refractivity contribution in [3.63, 3.8) is 0 Å². The lowest BCUT2D eigenvalue weighted by Crippen LogP contribution is -2.09. The van der Waals surface area contributed by atoms with Gasteiger partial charge in [0, 0.05) is 12.2 Å². The van der Waals surface area contributed by atoms with Gasteiger partial charge in [-0.25, -0.2) is 0 Å². The molecule has 1 aromatic rings. The molecule has 0 spiro atoms. The van der Waals surface area contributed by atoms with Crippen LogP contribution < -0.4 is 9.47 Å². The number of benzene rings is 1. The van der Waals surface area contributed by atoms with Crippen molar-refractivity contribution in [1.82, 2.24) is 0 Å². The van der Waals surface area contributed by atoms with Gasteiger partial charge in [0.05, 0.1) is 0 Å². The molecule has 0 unspecified atom stereocenters. The third-order valence-electron chi connectivity index (χ3n) is 3.57. The van der Waals surface area contributed by atoms with Gasteiger partial charge >= 0.3 is 0 Å². The summed E-state index contributed by atoms with van der Waals surface area (Å²) in [6.07, 6.45) is 7.33. The monoisotopic (exact) mass is 292 g/mol. The predicted molar refractivity (Wildman–Crippen MR) is 81.1 cm³/mol. The second-order valence-electron chi connectivity index (χ2n) is 5.31. The zero-order valence-corrected chi connectivity index (χ0v) is 12.7. The topological polar surface area (TPSA) is 44.8 Å². The van der Waals surface area contributed by atoms with Crippen molar-refractivity contribution in [2.24, 2.45) is 0 Å². The van der Waals surface area contributed by atoms with Crippen molar-refractivity contribution in [3.8, 4) is 11.5 Å². The molecule has 0 fully saturated rings. The minimum Gasteiger partial charge on any atom is -0.454 e. The number of carbonyl (C=O) groups excluding carboxylic acids is 1. The number of ketones is 1. The van der Waals surface area contributed by atoms with Crippen LogP contribution in [0.5, 0.6) is 11.5 Å². The van der Waals surface area contributed by atoms with E-state index in [2.05, 4.69) is 6.92 Å². The molecule has 0 saturated heterocycles. The van der Waals surface area contributed by atoms with Crippen LogP contribution in [0, 0.1) is 0 Å². The minimum absolute atomic E-state index is 0.0146. The molecule has 4 heteroatoms. The van der Waals surface area contributed by atoms with E-state index in [9.17, 15) is 4.79 Å². The van der Waals surface area contributed by atoms with Crippen molar-refractivity contribution in [2.45, 2.75) is 45.4 Å². The van der Waals surface area contributed by atoms with Crippen LogP contribution in [0.1, 0.15) is 55.8 Å². The van der Waals surface area contributed by atoms with E-state index in [0.717, 1.165) is 6.42 Å². The molecule has 21 heavy (non-hydrogen) atoms. The maximum Gasteiger partial charge on any atom is 0.231 e. The molecule has 0 amide bonds. The maximum atomic E-state index is 12.0. The fraction of sp³-hybridized carbons (Fsp3) is 0.588. The normalized spacial score (nSPS) is 12.6. The summed E-state index contributed by atoms with van der Waals surface area (Å²) in [5, 5.41) is 0. The summed E-state index contributed by atoms with van der Waals surface area (Å²) >= 11 is 0. The maximum absolute atomic E-state index is 12.0. The van der Waals surface area contributed by atoms with E-state index >= 15 is 0 Å². The first kappa shape index (κ1) is 15.8. The molecule has 0 N–H and O–H groups in total. The summed E-state index contributed by atoms with van der Waals surface area (Å²) in [5.41, 5.74) is 0.613. The Morgan fingerprint density at radius 3 is 2.71 bits per heavy atom. The van der Waals surface area contributed by atoms with Crippen molar-refractivity contribution >= 4 is 5.78 Å². The molecule has 1 aliphatic heterocycles. The van der Waals surface area contributed by atoms with Gasteiger partial charge in [-0.2, -0.15) is 0 Å². The first-order valence-corrected chi connectivity index (χ1v) is 7.82. The fourth-order valence-electron chi connectivity index (χ4n) is 2.30. The fourth-order valence-corrected chi connectivity index (χ4v) is 2.30. The molecule has 0 bridgehead atoms. The van der Waals surface area contributed by atoms with E-state index in [4.69, 9.17) is 14.2 Å². The van der Waals surface area contributed by atoms with E-state index < -0.39 is 0 Å². The van der Waals surface area contributed by atoms with Crippen LogP contribution in [0.25, 0.3) is 0 Å². The highest BCUT2D eigenvalue weighted by Gasteiger charge is 2.16. The third-order valence-corrected chi connectivity index (χ3v) is 3.57. The van der Waals surface area contributed by atoms with Crippen LogP contribution in [0.4, 0.5) is 0 Å². The second kappa shape index (κ2) is 8.67. The van der Waals surface area contributed by atoms with Crippen molar-refractivity contribution in [3.05, 3.63) is 23.8 Å². The second-order valence-corrected chi connectivity index (χ2v) is 5.31. The average Bonchev–Trinajstić information content (AvgIpc) is 2.97. The predicted octanol–water partition coefficient (Wildman–Crippen LogP) is 3.98. The Kier molecular flexibility index (Phi) is 6.54. The molecule has 0 aliphatic carbocycles. The van der Waals surface area contributed by atoms with Crippen LogP contribution in [0.2, 0.25) is 0 Å². The number of hydrogen-bond acceptors (Lipinski definition) is 4. The summed E-state index contributed by atoms with van der Waals surface area (Å²) in [6.45, 7) is 3.23. The number of carbonyl (C=O) groups is 1. The Morgan fingerprint density at radius 1 is 1.10 bits per heavy atom. The number of Topliss-reactive ketones (excluding diaryl/α,β-unsaturated/α-hetero) is 1. The van der Waals surface area contributed by atoms with Crippen molar-refractivity contribution in [1.29, 1.82) is 0 Å². The molecular weight excluding hydrogens is 268 g/mol. The molecule has 4 nitrogen and oxygen atoms in total. The standard InChI is InChI=1S/C17H24O4/c1-2-3-4-5-6-7-10-19-12-15(18)14-8-9-16-17(11-14)21-13-20-16/h8-9,11H,2-7,10,12-13H2,1H3. The van der Waals surface area contributed by atoms with Crippen molar-refractivity contribution < 1.29 is 19.0 Å². The van der Waals surface area contributed by atoms with Gasteiger partial charge in [-0.15, -0.1) is 0 Å². The first-order chi connectivity index (χ1) is 10.3. The molecule has 1 aromatic carbocycles. The Morgan fingerprint density at radius 2 is 1.86 bits per heavy atom. The number of hydrogen-bond donors (Lipinski definition) is 0. The summed E-state index contributed by atoms with van der Waals surface area (Å²) in [5.74, 6) is 1.32. The molecule has 1 aliphatic rings. The van der Waals surface area contributed by atoms with E-state index in [1.165, 1.54) is 32.1 Å². The molecule has 116 valence electrons. The van der Waals surface area contributed by atoms with Gasteiger partial charge in [0.25, 0.3) is 0 Å². The SMILES string of the molecule is CCCCCCCCOCC(=O)c1ccc2c(c1)OCO2. The molecule has 2 rings (SSSR count). The minimum atomic E-state index is -0.0146. The van der Waals surface area contributed by atoms with Crippen LogP contribution in [-0.4, -0.2) is 25.8 Å². The van der Waals surface area contributed by atoms with Gasteiger partial charge in [0.2, 0.25) is 6.79 Å². The zero-order chi connectivity index (χ0) is 14.9. The molecule has 1 heterocycles. The van der Waals surface area contributed by atoms with E-state index in [-0.39, 0.29) is 19.2 Å². The van der Waals surface area contributed by atoms with Crippen LogP contribution in [-0.2, 0) is 4.74 Å². The Bertz CT molecular complexity index is 456. The summed E-state index contributed by atoms with van der Waals surface area (Å²) < 4.78 is 15.9. The van der Waals surface area contributed by atoms with E-state index in [1.54, 1.807) is 18.2 Å². The van der Waals surface area contributed by atoms with E-state index in [1.807, 2.05) is 0 Å². The van der Waals surface area contributed by atoms with Gasteiger partial charge in [0.15, 0.2) is 17.3 Å². The molecule has 0 aromatic heterocycles. The van der Waals surface area contributed by atoms with Crippen LogP contribution >= 0.6 is 0 Å².